The molecule has 7 nitrogen and oxygen atoms in total. The number of carbonyl (C=O) groups is 3. The molecule has 0 saturated heterocycles. The van der Waals surface area contributed by atoms with Crippen molar-refractivity contribution in [3.63, 3.8) is 0 Å². The van der Waals surface area contributed by atoms with Crippen molar-refractivity contribution in [3.05, 3.63) is 126 Å². The van der Waals surface area contributed by atoms with Crippen LogP contribution in [0, 0.1) is 0 Å². The number of methoxy groups -OCH3 is 1. The summed E-state index contributed by atoms with van der Waals surface area (Å²) in [5, 5.41) is 3.25. The van der Waals surface area contributed by atoms with Crippen LogP contribution in [0.15, 0.2) is 109 Å². The van der Waals surface area contributed by atoms with Crippen molar-refractivity contribution in [2.45, 2.75) is 70.8 Å². The average Bonchev–Trinajstić information content (AvgIpc) is 3.13. The molecule has 1 N–H and O–H groups in total. The number of ether oxygens (including phenoxy) is 2. The molecule has 1 atom stereocenters. The Morgan fingerprint density at radius 3 is 2.08 bits per heavy atom. The van der Waals surface area contributed by atoms with Gasteiger partial charge in [0.15, 0.2) is 5.78 Å². The molecule has 0 heterocycles. The Morgan fingerprint density at radius 1 is 0.729 bits per heavy atom. The number of carbonyl (C=O) groups excluding carboxylic acids is 3. The number of unbranched alkanes of at least 4 members (excludes halogenated alkanes) is 5. The molecule has 1 amide bonds. The van der Waals surface area contributed by atoms with E-state index >= 15 is 0 Å². The van der Waals surface area contributed by atoms with Gasteiger partial charge < -0.3 is 19.7 Å². The van der Waals surface area contributed by atoms with E-state index in [1.165, 1.54) is 32.8 Å². The largest absolute Gasteiger partial charge is 0.494 e. The minimum atomic E-state index is -0.704. The molecule has 4 rings (SSSR count). The van der Waals surface area contributed by atoms with E-state index in [9.17, 15) is 14.4 Å². The van der Waals surface area contributed by atoms with Gasteiger partial charge in [-0.3, -0.25) is 9.59 Å². The van der Waals surface area contributed by atoms with E-state index in [1.54, 1.807) is 30.3 Å². The molecule has 0 aromatic heterocycles. The van der Waals surface area contributed by atoms with Crippen LogP contribution >= 0.6 is 0 Å². The van der Waals surface area contributed by atoms with Gasteiger partial charge in [0.2, 0.25) is 5.91 Å². The summed E-state index contributed by atoms with van der Waals surface area (Å²) in [5.41, 5.74) is 3.45. The number of esters is 1. The van der Waals surface area contributed by atoms with Crippen molar-refractivity contribution in [1.82, 2.24) is 0 Å². The SMILES string of the molecule is CCCCCCCCC(=O)N(CCCOc1ccc(C[C@H](Nc2ccccc2C(=O)c2ccccc2)C(=O)OC)cc1)c1ccccc1. The molecule has 0 radical (unpaired) electrons. The summed E-state index contributed by atoms with van der Waals surface area (Å²) in [5.74, 6) is 0.316. The minimum Gasteiger partial charge on any atom is -0.494 e. The lowest BCUT2D eigenvalue weighted by atomic mass is 10.00. The minimum absolute atomic E-state index is 0.127. The first kappa shape index (κ1) is 35.9. The lowest BCUT2D eigenvalue weighted by Crippen LogP contribution is -2.33. The molecule has 252 valence electrons. The first-order valence-electron chi connectivity index (χ1n) is 17.1. The fraction of sp³-hybridized carbons (Fsp3) is 0.341. The molecule has 0 spiro atoms. The van der Waals surface area contributed by atoms with Crippen molar-refractivity contribution in [3.8, 4) is 5.75 Å². The fourth-order valence-electron chi connectivity index (χ4n) is 5.64. The number of ketones is 1. The Bertz CT molecular complexity index is 1560. The summed E-state index contributed by atoms with van der Waals surface area (Å²) >= 11 is 0. The van der Waals surface area contributed by atoms with Crippen molar-refractivity contribution >= 4 is 29.0 Å². The Labute approximate surface area is 285 Å². The van der Waals surface area contributed by atoms with Crippen molar-refractivity contribution in [2.24, 2.45) is 0 Å². The second-order valence-electron chi connectivity index (χ2n) is 11.9. The maximum Gasteiger partial charge on any atom is 0.328 e. The van der Waals surface area contributed by atoms with E-state index in [-0.39, 0.29) is 11.7 Å². The average molecular weight is 649 g/mol. The van der Waals surface area contributed by atoms with E-state index in [0.29, 0.717) is 55.0 Å². The fourth-order valence-corrected chi connectivity index (χ4v) is 5.64. The molecule has 0 unspecified atom stereocenters. The Kier molecular flexibility index (Phi) is 14.7. The van der Waals surface area contributed by atoms with Crippen LogP contribution in [0.1, 0.15) is 79.8 Å². The first-order valence-corrected chi connectivity index (χ1v) is 17.1. The normalized spacial score (nSPS) is 11.4. The molecular weight excluding hydrogens is 600 g/mol. The number of rotatable bonds is 20. The highest BCUT2D eigenvalue weighted by Gasteiger charge is 2.23. The molecule has 0 bridgehead atoms. The number of amides is 1. The number of benzene rings is 4. The molecule has 4 aromatic rings. The number of para-hydroxylation sites is 2. The first-order chi connectivity index (χ1) is 23.5. The van der Waals surface area contributed by atoms with Crippen LogP contribution < -0.4 is 15.0 Å². The molecule has 0 saturated carbocycles. The molecule has 4 aromatic carbocycles. The quantitative estimate of drug-likeness (QED) is 0.0587. The highest BCUT2D eigenvalue weighted by Crippen LogP contribution is 2.23. The summed E-state index contributed by atoms with van der Waals surface area (Å²) in [6.07, 6.45) is 8.50. The molecule has 48 heavy (non-hydrogen) atoms. The van der Waals surface area contributed by atoms with Crippen LogP contribution in [0.2, 0.25) is 0 Å². The molecule has 7 heteroatoms. The summed E-state index contributed by atoms with van der Waals surface area (Å²) < 4.78 is 11.1. The second-order valence-corrected chi connectivity index (χ2v) is 11.9. The lowest BCUT2D eigenvalue weighted by Gasteiger charge is -2.23. The van der Waals surface area contributed by atoms with Gasteiger partial charge in [0, 0.05) is 41.9 Å². The van der Waals surface area contributed by atoms with Gasteiger partial charge in [-0.2, -0.15) is 0 Å². The standard InChI is InChI=1S/C41H48N2O5/c1-3-4-5-6-7-14-24-39(44)43(34-20-12-9-13-21-34)29-17-30-48-35-27-25-32(26-28-35)31-38(41(46)47-2)42-37-23-16-15-22-36(37)40(45)33-18-10-8-11-19-33/h8-13,15-16,18-23,25-28,38,42H,3-7,14,17,24,29-31H2,1-2H3/t38-/m0/s1. The maximum atomic E-state index is 13.2. The smallest absolute Gasteiger partial charge is 0.328 e. The van der Waals surface area contributed by atoms with Gasteiger partial charge in [-0.05, 0) is 54.8 Å². The van der Waals surface area contributed by atoms with Gasteiger partial charge in [0.25, 0.3) is 0 Å². The number of anilines is 2. The van der Waals surface area contributed by atoms with Crippen LogP contribution in [-0.4, -0.2) is 44.0 Å². The van der Waals surface area contributed by atoms with Crippen LogP contribution in [-0.2, 0) is 20.7 Å². The third-order valence-corrected chi connectivity index (χ3v) is 8.29. The molecule has 0 fully saturated rings. The molecule has 0 aliphatic rings. The number of nitrogens with one attached hydrogen (secondary N) is 1. The topological polar surface area (TPSA) is 84.9 Å². The van der Waals surface area contributed by atoms with Crippen LogP contribution in [0.5, 0.6) is 5.75 Å². The van der Waals surface area contributed by atoms with Crippen molar-refractivity contribution < 1.29 is 23.9 Å². The summed E-state index contributed by atoms with van der Waals surface area (Å²) in [6, 6.07) is 33.0. The van der Waals surface area contributed by atoms with Gasteiger partial charge in [-0.1, -0.05) is 112 Å². The Balaban J connectivity index is 1.31. The number of hydrogen-bond donors (Lipinski definition) is 1. The molecule has 0 aliphatic heterocycles. The van der Waals surface area contributed by atoms with Gasteiger partial charge >= 0.3 is 5.97 Å². The second kappa shape index (κ2) is 19.7. The zero-order valence-corrected chi connectivity index (χ0v) is 28.2. The summed E-state index contributed by atoms with van der Waals surface area (Å²) in [6.45, 7) is 3.25. The third-order valence-electron chi connectivity index (χ3n) is 8.29. The predicted octanol–water partition coefficient (Wildman–Crippen LogP) is 8.67. The van der Waals surface area contributed by atoms with Crippen molar-refractivity contribution in [2.75, 3.05) is 30.5 Å². The lowest BCUT2D eigenvalue weighted by molar-refractivity contribution is -0.141. The van der Waals surface area contributed by atoms with Gasteiger partial charge in [0.1, 0.15) is 11.8 Å². The van der Waals surface area contributed by atoms with Gasteiger partial charge in [0.05, 0.1) is 13.7 Å². The van der Waals surface area contributed by atoms with Gasteiger partial charge in [-0.25, -0.2) is 4.79 Å². The number of nitrogens with zero attached hydrogens (tertiary/aromatic N) is 1. The monoisotopic (exact) mass is 648 g/mol. The van der Waals surface area contributed by atoms with Gasteiger partial charge in [-0.15, -0.1) is 0 Å². The summed E-state index contributed by atoms with van der Waals surface area (Å²) in [4.78, 5) is 41.1. The van der Waals surface area contributed by atoms with E-state index in [1.807, 2.05) is 83.8 Å². The molecular formula is C41H48N2O5. The predicted molar refractivity (Wildman–Crippen MR) is 193 cm³/mol. The Morgan fingerprint density at radius 2 is 1.38 bits per heavy atom. The van der Waals surface area contributed by atoms with Crippen LogP contribution in [0.3, 0.4) is 0 Å². The zero-order chi connectivity index (χ0) is 34.0. The highest BCUT2D eigenvalue weighted by molar-refractivity contribution is 6.12. The van der Waals surface area contributed by atoms with E-state index < -0.39 is 12.0 Å². The van der Waals surface area contributed by atoms with E-state index in [0.717, 1.165) is 24.1 Å². The zero-order valence-electron chi connectivity index (χ0n) is 28.2. The van der Waals surface area contributed by atoms with E-state index in [4.69, 9.17) is 9.47 Å². The van der Waals surface area contributed by atoms with Crippen LogP contribution in [0.25, 0.3) is 0 Å². The van der Waals surface area contributed by atoms with E-state index in [2.05, 4.69) is 12.2 Å². The summed E-state index contributed by atoms with van der Waals surface area (Å²) in [7, 11) is 1.36. The molecule has 0 aliphatic carbocycles. The highest BCUT2D eigenvalue weighted by atomic mass is 16.5. The van der Waals surface area contributed by atoms with Crippen molar-refractivity contribution in [1.29, 1.82) is 0 Å². The number of hydrogen-bond acceptors (Lipinski definition) is 6. The Hall–Kier alpha value is -4.91. The third kappa shape index (κ3) is 11.1. The van der Waals surface area contributed by atoms with Crippen LogP contribution in [0.4, 0.5) is 11.4 Å². The maximum absolute atomic E-state index is 13.2.